The molecule has 0 aromatic carbocycles. The summed E-state index contributed by atoms with van der Waals surface area (Å²) in [5.74, 6) is -0.407. The molecule has 0 N–H and O–H groups in total. The number of ether oxygens (including phenoxy) is 2. The number of esters is 1. The van der Waals surface area contributed by atoms with Crippen LogP contribution in [0.5, 0.6) is 0 Å². The molecule has 1 aliphatic heterocycles. The van der Waals surface area contributed by atoms with Gasteiger partial charge < -0.3 is 9.47 Å². The van der Waals surface area contributed by atoms with Gasteiger partial charge in [-0.1, -0.05) is 0 Å². The first-order valence-corrected chi connectivity index (χ1v) is 4.73. The van der Waals surface area contributed by atoms with Crippen LogP contribution < -0.4 is 0 Å². The Morgan fingerprint density at radius 1 is 1.50 bits per heavy atom. The summed E-state index contributed by atoms with van der Waals surface area (Å²) in [6.45, 7) is 5.89. The van der Waals surface area contributed by atoms with Gasteiger partial charge in [-0.05, 0) is 20.8 Å². The quantitative estimate of drug-likeness (QED) is 0.591. The van der Waals surface area contributed by atoms with Crippen molar-refractivity contribution in [1.82, 2.24) is 0 Å². The smallest absolute Gasteiger partial charge is 0.312 e. The maximum atomic E-state index is 11.4. The second-order valence-electron chi connectivity index (χ2n) is 4.44. The van der Waals surface area contributed by atoms with E-state index < -0.39 is 11.5 Å². The predicted octanol–water partition coefficient (Wildman–Crippen LogP) is 0.934. The van der Waals surface area contributed by atoms with E-state index in [4.69, 9.17) is 9.47 Å². The van der Waals surface area contributed by atoms with E-state index in [0.29, 0.717) is 13.0 Å². The van der Waals surface area contributed by atoms with Crippen LogP contribution >= 0.6 is 0 Å². The molecule has 1 rings (SSSR count). The van der Waals surface area contributed by atoms with Crippen molar-refractivity contribution in [3.63, 3.8) is 0 Å². The molecule has 0 saturated carbocycles. The van der Waals surface area contributed by atoms with Crippen LogP contribution in [0.3, 0.4) is 0 Å². The molecular formula is C10H16O4. The number of carbonyl (C=O) groups excluding carboxylic acids is 2. The van der Waals surface area contributed by atoms with Crippen molar-refractivity contribution in [3.05, 3.63) is 0 Å². The molecule has 0 aromatic heterocycles. The first-order chi connectivity index (χ1) is 6.41. The fourth-order valence-electron chi connectivity index (χ4n) is 1.02. The molecule has 0 amide bonds. The summed E-state index contributed by atoms with van der Waals surface area (Å²) in [7, 11) is 0. The highest BCUT2D eigenvalue weighted by Gasteiger charge is 2.31. The van der Waals surface area contributed by atoms with Crippen LogP contribution in [0.15, 0.2) is 0 Å². The number of ketones is 1. The first kappa shape index (κ1) is 11.2. The topological polar surface area (TPSA) is 52.6 Å². The summed E-state index contributed by atoms with van der Waals surface area (Å²) in [5, 5.41) is 0. The lowest BCUT2D eigenvalue weighted by Gasteiger charge is -2.25. The van der Waals surface area contributed by atoms with Crippen molar-refractivity contribution in [2.45, 2.75) is 33.3 Å². The minimum absolute atomic E-state index is 0.0474. The van der Waals surface area contributed by atoms with E-state index in [9.17, 15) is 9.59 Å². The summed E-state index contributed by atoms with van der Waals surface area (Å²) in [4.78, 5) is 22.7. The van der Waals surface area contributed by atoms with Crippen LogP contribution in [-0.4, -0.2) is 31.1 Å². The highest BCUT2D eigenvalue weighted by atomic mass is 16.6. The molecule has 14 heavy (non-hydrogen) atoms. The van der Waals surface area contributed by atoms with Gasteiger partial charge >= 0.3 is 5.97 Å². The molecule has 4 heteroatoms. The number of hydrogen-bond donors (Lipinski definition) is 0. The molecule has 0 aromatic rings. The lowest BCUT2D eigenvalue weighted by atomic mass is 9.97. The minimum atomic E-state index is -0.699. The minimum Gasteiger partial charge on any atom is -0.451 e. The van der Waals surface area contributed by atoms with E-state index >= 15 is 0 Å². The number of carbonyl (C=O) groups is 2. The predicted molar refractivity (Wildman–Crippen MR) is 49.8 cm³/mol. The van der Waals surface area contributed by atoms with Crippen molar-refractivity contribution >= 4 is 11.8 Å². The zero-order valence-corrected chi connectivity index (χ0v) is 8.83. The Labute approximate surface area is 83.6 Å². The Balaban J connectivity index is 2.51. The summed E-state index contributed by atoms with van der Waals surface area (Å²) >= 11 is 0. The number of Topliss-reactive ketones (excluding diaryl/α,β-unsaturated/α-hetero) is 1. The third-order valence-corrected chi connectivity index (χ3v) is 1.98. The number of hydrogen-bond acceptors (Lipinski definition) is 4. The average Bonchev–Trinajstić information content (AvgIpc) is 2.07. The fraction of sp³-hybridized carbons (Fsp3) is 0.800. The lowest BCUT2D eigenvalue weighted by molar-refractivity contribution is -0.169. The lowest BCUT2D eigenvalue weighted by Crippen LogP contribution is -2.39. The standard InChI is InChI=1S/C10H16O4/c1-10(2,3)9(12)14-8-6-13-5-4-7(8)11/h8H,4-6H2,1-3H3. The van der Waals surface area contributed by atoms with E-state index in [1.807, 2.05) is 0 Å². The molecule has 0 spiro atoms. The molecule has 1 heterocycles. The van der Waals surface area contributed by atoms with Crippen molar-refractivity contribution < 1.29 is 19.1 Å². The van der Waals surface area contributed by atoms with E-state index in [1.54, 1.807) is 20.8 Å². The van der Waals surface area contributed by atoms with Gasteiger partial charge in [0.05, 0.1) is 18.6 Å². The Hall–Kier alpha value is -0.900. The normalized spacial score (nSPS) is 23.4. The van der Waals surface area contributed by atoms with Gasteiger partial charge in [0, 0.05) is 6.42 Å². The third-order valence-electron chi connectivity index (χ3n) is 1.98. The van der Waals surface area contributed by atoms with Gasteiger partial charge in [-0.3, -0.25) is 9.59 Å². The monoisotopic (exact) mass is 200 g/mol. The van der Waals surface area contributed by atoms with Crippen LogP contribution in [0, 0.1) is 5.41 Å². The molecule has 1 saturated heterocycles. The van der Waals surface area contributed by atoms with Gasteiger partial charge in [0.2, 0.25) is 0 Å². The van der Waals surface area contributed by atoms with Gasteiger partial charge in [0.15, 0.2) is 11.9 Å². The van der Waals surface area contributed by atoms with E-state index in [0.717, 1.165) is 0 Å². The van der Waals surface area contributed by atoms with Crippen LogP contribution in [0.2, 0.25) is 0 Å². The Bertz CT molecular complexity index is 239. The van der Waals surface area contributed by atoms with Gasteiger partial charge in [0.1, 0.15) is 0 Å². The Morgan fingerprint density at radius 2 is 2.14 bits per heavy atom. The van der Waals surface area contributed by atoms with Crippen LogP contribution in [0.4, 0.5) is 0 Å². The van der Waals surface area contributed by atoms with Crippen LogP contribution in [-0.2, 0) is 19.1 Å². The van der Waals surface area contributed by atoms with Gasteiger partial charge in [-0.2, -0.15) is 0 Å². The highest BCUT2D eigenvalue weighted by Crippen LogP contribution is 2.18. The molecular weight excluding hydrogens is 184 g/mol. The van der Waals surface area contributed by atoms with E-state index in [2.05, 4.69) is 0 Å². The average molecular weight is 200 g/mol. The molecule has 1 fully saturated rings. The Kier molecular flexibility index (Phi) is 3.26. The number of rotatable bonds is 1. The summed E-state index contributed by atoms with van der Waals surface area (Å²) in [5.41, 5.74) is -0.572. The molecule has 1 atom stereocenters. The van der Waals surface area contributed by atoms with Crippen LogP contribution in [0.1, 0.15) is 27.2 Å². The molecule has 1 aliphatic rings. The van der Waals surface area contributed by atoms with E-state index in [-0.39, 0.29) is 18.4 Å². The molecule has 1 unspecified atom stereocenters. The van der Waals surface area contributed by atoms with Gasteiger partial charge in [-0.25, -0.2) is 0 Å². The van der Waals surface area contributed by atoms with Crippen molar-refractivity contribution in [2.75, 3.05) is 13.2 Å². The third kappa shape index (κ3) is 2.80. The second-order valence-corrected chi connectivity index (χ2v) is 4.44. The van der Waals surface area contributed by atoms with Crippen molar-refractivity contribution in [3.8, 4) is 0 Å². The summed E-state index contributed by atoms with van der Waals surface area (Å²) in [6, 6.07) is 0. The maximum absolute atomic E-state index is 11.4. The molecule has 80 valence electrons. The SMILES string of the molecule is CC(C)(C)C(=O)OC1COCCC1=O. The molecule has 0 radical (unpaired) electrons. The Morgan fingerprint density at radius 3 is 2.64 bits per heavy atom. The molecule has 0 bridgehead atoms. The first-order valence-electron chi connectivity index (χ1n) is 4.73. The van der Waals surface area contributed by atoms with Crippen molar-refractivity contribution in [1.29, 1.82) is 0 Å². The maximum Gasteiger partial charge on any atom is 0.312 e. The second kappa shape index (κ2) is 4.09. The zero-order valence-electron chi connectivity index (χ0n) is 8.83. The largest absolute Gasteiger partial charge is 0.451 e. The zero-order chi connectivity index (χ0) is 10.8. The van der Waals surface area contributed by atoms with Crippen molar-refractivity contribution in [2.24, 2.45) is 5.41 Å². The van der Waals surface area contributed by atoms with Gasteiger partial charge in [-0.15, -0.1) is 0 Å². The highest BCUT2D eigenvalue weighted by molar-refractivity contribution is 5.87. The summed E-state index contributed by atoms with van der Waals surface area (Å²) < 4.78 is 10.1. The molecule has 4 nitrogen and oxygen atoms in total. The van der Waals surface area contributed by atoms with Crippen LogP contribution in [0.25, 0.3) is 0 Å². The summed E-state index contributed by atoms with van der Waals surface area (Å²) in [6.07, 6.45) is -0.363. The molecule has 0 aliphatic carbocycles. The fourth-order valence-corrected chi connectivity index (χ4v) is 1.02. The van der Waals surface area contributed by atoms with E-state index in [1.165, 1.54) is 0 Å². The van der Waals surface area contributed by atoms with Gasteiger partial charge in [0.25, 0.3) is 0 Å².